The van der Waals surface area contributed by atoms with Crippen LogP contribution in [0.15, 0.2) is 0 Å². The standard InChI is InChI=1S/C10H17NO3/c1-6(2)3-7-5-11-9(12)4-8(7)10(13)14/h6-8H,3-5H2,1-2H3,(H,11,12)(H,13,14). The number of hydrogen-bond acceptors (Lipinski definition) is 2. The lowest BCUT2D eigenvalue weighted by Gasteiger charge is -2.29. The van der Waals surface area contributed by atoms with E-state index in [0.29, 0.717) is 12.5 Å². The Labute approximate surface area is 83.7 Å². The molecule has 0 radical (unpaired) electrons. The maximum Gasteiger partial charge on any atom is 0.307 e. The monoisotopic (exact) mass is 199 g/mol. The number of piperidine rings is 1. The molecule has 0 spiro atoms. The Kier molecular flexibility index (Phi) is 3.49. The van der Waals surface area contributed by atoms with Crippen LogP contribution in [-0.2, 0) is 9.59 Å². The van der Waals surface area contributed by atoms with E-state index in [0.717, 1.165) is 6.42 Å². The molecule has 0 bridgehead atoms. The molecule has 4 nitrogen and oxygen atoms in total. The van der Waals surface area contributed by atoms with Gasteiger partial charge in [0.2, 0.25) is 5.91 Å². The van der Waals surface area contributed by atoms with Crippen molar-refractivity contribution in [1.29, 1.82) is 0 Å². The molecule has 1 fully saturated rings. The summed E-state index contributed by atoms with van der Waals surface area (Å²) in [6.45, 7) is 4.64. The number of carboxylic acid groups (broad SMARTS) is 1. The third-order valence-corrected chi connectivity index (χ3v) is 2.63. The molecule has 0 aromatic rings. The zero-order valence-corrected chi connectivity index (χ0v) is 8.62. The molecule has 2 N–H and O–H groups in total. The van der Waals surface area contributed by atoms with Crippen LogP contribution in [0.4, 0.5) is 0 Å². The summed E-state index contributed by atoms with van der Waals surface area (Å²) in [4.78, 5) is 21.9. The fourth-order valence-electron chi connectivity index (χ4n) is 1.97. The third-order valence-electron chi connectivity index (χ3n) is 2.63. The molecule has 1 heterocycles. The first kappa shape index (κ1) is 11.0. The van der Waals surface area contributed by atoms with Gasteiger partial charge >= 0.3 is 5.97 Å². The second-order valence-electron chi connectivity index (χ2n) is 4.34. The molecule has 0 saturated carbocycles. The van der Waals surface area contributed by atoms with Crippen molar-refractivity contribution in [2.24, 2.45) is 17.8 Å². The molecule has 1 aliphatic rings. The van der Waals surface area contributed by atoms with Gasteiger partial charge in [0, 0.05) is 13.0 Å². The molecule has 1 rings (SSSR count). The molecule has 14 heavy (non-hydrogen) atoms. The van der Waals surface area contributed by atoms with E-state index in [4.69, 9.17) is 5.11 Å². The molecule has 0 aromatic carbocycles. The van der Waals surface area contributed by atoms with E-state index in [2.05, 4.69) is 19.2 Å². The normalized spacial score (nSPS) is 27.5. The van der Waals surface area contributed by atoms with Crippen LogP contribution in [0.3, 0.4) is 0 Å². The Balaban J connectivity index is 2.62. The lowest BCUT2D eigenvalue weighted by atomic mass is 9.81. The summed E-state index contributed by atoms with van der Waals surface area (Å²) in [7, 11) is 0. The lowest BCUT2D eigenvalue weighted by molar-refractivity contribution is -0.148. The van der Waals surface area contributed by atoms with Gasteiger partial charge in [-0.25, -0.2) is 0 Å². The van der Waals surface area contributed by atoms with Crippen LogP contribution in [0.1, 0.15) is 26.7 Å². The zero-order chi connectivity index (χ0) is 10.7. The number of amides is 1. The molecule has 1 saturated heterocycles. The molecule has 2 unspecified atom stereocenters. The van der Waals surface area contributed by atoms with Crippen LogP contribution in [-0.4, -0.2) is 23.5 Å². The van der Waals surface area contributed by atoms with Gasteiger partial charge in [-0.05, 0) is 18.3 Å². The average molecular weight is 199 g/mol. The number of rotatable bonds is 3. The molecule has 2 atom stereocenters. The Morgan fingerprint density at radius 1 is 1.64 bits per heavy atom. The number of carbonyl (C=O) groups is 2. The molecule has 1 amide bonds. The van der Waals surface area contributed by atoms with Crippen LogP contribution in [0, 0.1) is 17.8 Å². The Bertz CT molecular complexity index is 238. The van der Waals surface area contributed by atoms with Gasteiger partial charge in [0.05, 0.1) is 5.92 Å². The SMILES string of the molecule is CC(C)CC1CNC(=O)CC1C(=O)O. The highest BCUT2D eigenvalue weighted by atomic mass is 16.4. The first-order chi connectivity index (χ1) is 6.50. The van der Waals surface area contributed by atoms with Crippen molar-refractivity contribution in [1.82, 2.24) is 5.32 Å². The zero-order valence-electron chi connectivity index (χ0n) is 8.62. The predicted octanol–water partition coefficient (Wildman–Crippen LogP) is 0.869. The molecule has 4 heteroatoms. The van der Waals surface area contributed by atoms with Crippen LogP contribution in [0.25, 0.3) is 0 Å². The van der Waals surface area contributed by atoms with Crippen LogP contribution in [0.2, 0.25) is 0 Å². The maximum atomic E-state index is 11.0. The van der Waals surface area contributed by atoms with Gasteiger partial charge in [-0.2, -0.15) is 0 Å². The first-order valence-electron chi connectivity index (χ1n) is 5.00. The average Bonchev–Trinajstić information content (AvgIpc) is 2.07. The second kappa shape index (κ2) is 4.44. The van der Waals surface area contributed by atoms with Crippen molar-refractivity contribution in [3.05, 3.63) is 0 Å². The fourth-order valence-corrected chi connectivity index (χ4v) is 1.97. The summed E-state index contributed by atoms with van der Waals surface area (Å²) >= 11 is 0. The van der Waals surface area contributed by atoms with Crippen molar-refractivity contribution in [2.45, 2.75) is 26.7 Å². The van der Waals surface area contributed by atoms with Gasteiger partial charge in [0.1, 0.15) is 0 Å². The van der Waals surface area contributed by atoms with E-state index < -0.39 is 11.9 Å². The third kappa shape index (κ3) is 2.72. The summed E-state index contributed by atoms with van der Waals surface area (Å²) in [5.41, 5.74) is 0. The minimum absolute atomic E-state index is 0.0881. The quantitative estimate of drug-likeness (QED) is 0.708. The number of aliphatic carboxylic acids is 1. The Hall–Kier alpha value is -1.06. The molecule has 1 aliphatic heterocycles. The number of nitrogens with one attached hydrogen (secondary N) is 1. The van der Waals surface area contributed by atoms with Gasteiger partial charge in [-0.1, -0.05) is 13.8 Å². The summed E-state index contributed by atoms with van der Waals surface area (Å²) in [5, 5.41) is 11.7. The molecular formula is C10H17NO3. The first-order valence-corrected chi connectivity index (χ1v) is 5.00. The fraction of sp³-hybridized carbons (Fsp3) is 0.800. The summed E-state index contributed by atoms with van der Waals surface area (Å²) in [6.07, 6.45) is 0.990. The Morgan fingerprint density at radius 3 is 2.79 bits per heavy atom. The van der Waals surface area contributed by atoms with E-state index in [1.165, 1.54) is 0 Å². The minimum atomic E-state index is -0.842. The number of hydrogen-bond donors (Lipinski definition) is 2. The minimum Gasteiger partial charge on any atom is -0.481 e. The molecule has 0 aromatic heterocycles. The van der Waals surface area contributed by atoms with Gasteiger partial charge in [-0.15, -0.1) is 0 Å². The van der Waals surface area contributed by atoms with Crippen LogP contribution >= 0.6 is 0 Å². The maximum absolute atomic E-state index is 11.0. The highest BCUT2D eigenvalue weighted by Crippen LogP contribution is 2.26. The van der Waals surface area contributed by atoms with Crippen molar-refractivity contribution in [3.63, 3.8) is 0 Å². The summed E-state index contributed by atoms with van der Waals surface area (Å²) in [6, 6.07) is 0. The topological polar surface area (TPSA) is 66.4 Å². The van der Waals surface area contributed by atoms with E-state index >= 15 is 0 Å². The number of carbonyl (C=O) groups excluding carboxylic acids is 1. The Morgan fingerprint density at radius 2 is 2.29 bits per heavy atom. The molecule has 80 valence electrons. The lowest BCUT2D eigenvalue weighted by Crippen LogP contribution is -2.44. The molecular weight excluding hydrogens is 182 g/mol. The van der Waals surface area contributed by atoms with E-state index in [-0.39, 0.29) is 18.2 Å². The number of carboxylic acids is 1. The van der Waals surface area contributed by atoms with Crippen molar-refractivity contribution in [3.8, 4) is 0 Å². The van der Waals surface area contributed by atoms with Crippen molar-refractivity contribution >= 4 is 11.9 Å². The van der Waals surface area contributed by atoms with Gasteiger partial charge in [0.15, 0.2) is 0 Å². The van der Waals surface area contributed by atoms with Gasteiger partial charge < -0.3 is 10.4 Å². The van der Waals surface area contributed by atoms with Crippen LogP contribution < -0.4 is 5.32 Å². The largest absolute Gasteiger partial charge is 0.481 e. The smallest absolute Gasteiger partial charge is 0.307 e. The predicted molar refractivity (Wildman–Crippen MR) is 51.7 cm³/mol. The highest BCUT2D eigenvalue weighted by molar-refractivity contribution is 5.83. The van der Waals surface area contributed by atoms with Crippen molar-refractivity contribution in [2.75, 3.05) is 6.54 Å². The molecule has 0 aliphatic carbocycles. The van der Waals surface area contributed by atoms with Gasteiger partial charge in [0.25, 0.3) is 0 Å². The summed E-state index contributed by atoms with van der Waals surface area (Å²) in [5.74, 6) is -0.920. The van der Waals surface area contributed by atoms with Crippen molar-refractivity contribution < 1.29 is 14.7 Å². The van der Waals surface area contributed by atoms with Gasteiger partial charge in [-0.3, -0.25) is 9.59 Å². The van der Waals surface area contributed by atoms with E-state index in [1.54, 1.807) is 0 Å². The van der Waals surface area contributed by atoms with E-state index in [9.17, 15) is 9.59 Å². The highest BCUT2D eigenvalue weighted by Gasteiger charge is 2.34. The van der Waals surface area contributed by atoms with E-state index in [1.807, 2.05) is 0 Å². The summed E-state index contributed by atoms with van der Waals surface area (Å²) < 4.78 is 0. The second-order valence-corrected chi connectivity index (χ2v) is 4.34. The van der Waals surface area contributed by atoms with Crippen LogP contribution in [0.5, 0.6) is 0 Å².